The molecule has 2 aromatic carbocycles. The Morgan fingerprint density at radius 2 is 1.55 bits per heavy atom. The number of anilines is 2. The van der Waals surface area contributed by atoms with E-state index in [1.807, 2.05) is 6.92 Å². The van der Waals surface area contributed by atoms with Gasteiger partial charge in [0.05, 0.1) is 11.2 Å². The lowest BCUT2D eigenvalue weighted by atomic mass is 10.1. The van der Waals surface area contributed by atoms with Crippen LogP contribution in [0.1, 0.15) is 47.1 Å². The summed E-state index contributed by atoms with van der Waals surface area (Å²) in [5.41, 5.74) is 1.43. The normalized spacial score (nSPS) is 16.8. The molecule has 1 saturated heterocycles. The monoisotopic (exact) mass is 467 g/mol. The van der Waals surface area contributed by atoms with Crippen molar-refractivity contribution in [2.75, 3.05) is 17.2 Å². The number of benzene rings is 2. The highest BCUT2D eigenvalue weighted by Gasteiger charge is 2.30. The average Bonchev–Trinajstić information content (AvgIpc) is 3.36. The highest BCUT2D eigenvalue weighted by Crippen LogP contribution is 2.25. The smallest absolute Gasteiger partial charge is 0.291 e. The summed E-state index contributed by atoms with van der Waals surface area (Å²) in [4.78, 5) is 24.8. The van der Waals surface area contributed by atoms with Crippen molar-refractivity contribution in [2.24, 2.45) is 0 Å². The molecule has 33 heavy (non-hydrogen) atoms. The number of nitrogens with zero attached hydrogens (tertiary/aromatic N) is 1. The summed E-state index contributed by atoms with van der Waals surface area (Å²) in [5, 5.41) is 5.47. The van der Waals surface area contributed by atoms with Crippen molar-refractivity contribution in [3.8, 4) is 0 Å². The molecule has 2 N–H and O–H groups in total. The minimum Gasteiger partial charge on any atom is -0.459 e. The van der Waals surface area contributed by atoms with Crippen LogP contribution >= 0.6 is 0 Å². The first kappa shape index (κ1) is 22.8. The van der Waals surface area contributed by atoms with E-state index in [4.69, 9.17) is 4.42 Å². The third-order valence-electron chi connectivity index (χ3n) is 5.61. The van der Waals surface area contributed by atoms with Crippen LogP contribution in [-0.2, 0) is 10.0 Å². The molecule has 3 aromatic rings. The lowest BCUT2D eigenvalue weighted by molar-refractivity contribution is 0.0994. The van der Waals surface area contributed by atoms with Crippen LogP contribution in [0.3, 0.4) is 0 Å². The van der Waals surface area contributed by atoms with E-state index in [1.165, 1.54) is 34.8 Å². The highest BCUT2D eigenvalue weighted by molar-refractivity contribution is 7.89. The van der Waals surface area contributed by atoms with Crippen LogP contribution < -0.4 is 10.6 Å². The summed E-state index contributed by atoms with van der Waals surface area (Å²) in [5.74, 6) is -0.531. The van der Waals surface area contributed by atoms with Gasteiger partial charge in [-0.15, -0.1) is 0 Å². The van der Waals surface area contributed by atoms with Crippen molar-refractivity contribution >= 4 is 33.2 Å². The fraction of sp³-hybridized carbons (Fsp3) is 0.250. The minimum atomic E-state index is -3.58. The summed E-state index contributed by atoms with van der Waals surface area (Å²) in [6.07, 6.45) is 4.16. The second kappa shape index (κ2) is 9.60. The average molecular weight is 468 g/mol. The SMILES string of the molecule is CC1CCCCN1S(=O)(=O)c1ccc(C(=O)Nc2ccc(NC(=O)c3ccco3)cc2)cc1. The van der Waals surface area contributed by atoms with E-state index in [0.717, 1.165) is 19.3 Å². The number of carbonyl (C=O) groups is 2. The van der Waals surface area contributed by atoms with Gasteiger partial charge in [-0.3, -0.25) is 9.59 Å². The number of sulfonamides is 1. The zero-order valence-electron chi connectivity index (χ0n) is 18.2. The second-order valence-corrected chi connectivity index (χ2v) is 9.84. The maximum absolute atomic E-state index is 12.9. The quantitative estimate of drug-likeness (QED) is 0.560. The zero-order valence-corrected chi connectivity index (χ0v) is 19.0. The molecule has 172 valence electrons. The highest BCUT2D eigenvalue weighted by atomic mass is 32.2. The van der Waals surface area contributed by atoms with Crippen LogP contribution in [0, 0.1) is 0 Å². The molecule has 1 aliphatic rings. The second-order valence-electron chi connectivity index (χ2n) is 7.95. The van der Waals surface area contributed by atoms with E-state index in [2.05, 4.69) is 10.6 Å². The number of nitrogens with one attached hydrogen (secondary N) is 2. The third-order valence-corrected chi connectivity index (χ3v) is 7.64. The van der Waals surface area contributed by atoms with E-state index in [0.29, 0.717) is 23.5 Å². The predicted molar refractivity (Wildman–Crippen MR) is 125 cm³/mol. The third kappa shape index (κ3) is 5.15. The van der Waals surface area contributed by atoms with Gasteiger partial charge in [-0.25, -0.2) is 8.42 Å². The standard InChI is InChI=1S/C24H25N3O5S/c1-17-5-2-3-15-27(17)33(30,31)21-13-7-18(8-14-21)23(28)25-19-9-11-20(12-10-19)26-24(29)22-6-4-16-32-22/h4,6-14,16-17H,2-3,5,15H2,1H3,(H,25,28)(H,26,29). The Balaban J connectivity index is 1.39. The van der Waals surface area contributed by atoms with Crippen molar-refractivity contribution in [2.45, 2.75) is 37.1 Å². The molecule has 1 unspecified atom stereocenters. The summed E-state index contributed by atoms with van der Waals surface area (Å²) in [7, 11) is -3.58. The molecule has 4 rings (SSSR count). The number of amides is 2. The van der Waals surface area contributed by atoms with E-state index in [1.54, 1.807) is 36.4 Å². The Kier molecular flexibility index (Phi) is 6.62. The Hall–Kier alpha value is -3.43. The van der Waals surface area contributed by atoms with Gasteiger partial charge >= 0.3 is 0 Å². The van der Waals surface area contributed by atoms with Gasteiger partial charge in [0.2, 0.25) is 10.0 Å². The molecule has 1 aromatic heterocycles. The van der Waals surface area contributed by atoms with Crippen LogP contribution in [0.15, 0.2) is 76.2 Å². The van der Waals surface area contributed by atoms with Crippen molar-refractivity contribution in [1.29, 1.82) is 0 Å². The van der Waals surface area contributed by atoms with E-state index in [9.17, 15) is 18.0 Å². The predicted octanol–water partition coefficient (Wildman–Crippen LogP) is 4.35. The van der Waals surface area contributed by atoms with Crippen LogP contribution in [0.4, 0.5) is 11.4 Å². The van der Waals surface area contributed by atoms with Gasteiger partial charge in [-0.1, -0.05) is 6.42 Å². The molecule has 1 fully saturated rings. The van der Waals surface area contributed by atoms with Crippen LogP contribution in [-0.4, -0.2) is 37.1 Å². The number of furan rings is 1. The molecule has 1 aliphatic heterocycles. The molecule has 9 heteroatoms. The summed E-state index contributed by atoms with van der Waals surface area (Å²) in [6, 6.07) is 15.8. The Labute approximate surface area is 192 Å². The lowest BCUT2D eigenvalue weighted by Crippen LogP contribution is -2.41. The molecule has 0 aliphatic carbocycles. The Bertz CT molecular complexity index is 1220. The molecule has 0 bridgehead atoms. The summed E-state index contributed by atoms with van der Waals surface area (Å²) in [6.45, 7) is 2.44. The topological polar surface area (TPSA) is 109 Å². The summed E-state index contributed by atoms with van der Waals surface area (Å²) < 4.78 is 32.5. The van der Waals surface area contributed by atoms with Gasteiger partial charge in [-0.05, 0) is 80.4 Å². The summed E-state index contributed by atoms with van der Waals surface area (Å²) >= 11 is 0. The maximum Gasteiger partial charge on any atom is 0.291 e. The van der Waals surface area contributed by atoms with Gasteiger partial charge in [0.1, 0.15) is 0 Å². The van der Waals surface area contributed by atoms with Crippen LogP contribution in [0.5, 0.6) is 0 Å². The molecule has 2 heterocycles. The first-order chi connectivity index (χ1) is 15.8. The van der Waals surface area contributed by atoms with Crippen molar-refractivity contribution in [3.63, 3.8) is 0 Å². The molecular weight excluding hydrogens is 442 g/mol. The number of rotatable bonds is 6. The fourth-order valence-corrected chi connectivity index (χ4v) is 5.48. The van der Waals surface area contributed by atoms with Gasteiger partial charge < -0.3 is 15.1 Å². The number of piperidine rings is 1. The molecule has 8 nitrogen and oxygen atoms in total. The van der Waals surface area contributed by atoms with Gasteiger partial charge in [0, 0.05) is 29.5 Å². The van der Waals surface area contributed by atoms with Crippen molar-refractivity contribution in [1.82, 2.24) is 4.31 Å². The Morgan fingerprint density at radius 3 is 2.12 bits per heavy atom. The molecule has 2 amide bonds. The first-order valence-electron chi connectivity index (χ1n) is 10.7. The molecule has 0 saturated carbocycles. The van der Waals surface area contributed by atoms with Gasteiger partial charge in [0.25, 0.3) is 11.8 Å². The Morgan fingerprint density at radius 1 is 0.909 bits per heavy atom. The van der Waals surface area contributed by atoms with Crippen molar-refractivity contribution < 1.29 is 22.4 Å². The fourth-order valence-electron chi connectivity index (χ4n) is 3.78. The minimum absolute atomic E-state index is 0.0291. The van der Waals surface area contributed by atoms with Crippen LogP contribution in [0.25, 0.3) is 0 Å². The maximum atomic E-state index is 12.9. The number of hydrogen-bond donors (Lipinski definition) is 2. The van der Waals surface area contributed by atoms with E-state index >= 15 is 0 Å². The lowest BCUT2D eigenvalue weighted by Gasteiger charge is -2.32. The van der Waals surface area contributed by atoms with Crippen LogP contribution in [0.2, 0.25) is 0 Å². The zero-order chi connectivity index (χ0) is 23.4. The molecule has 0 radical (unpaired) electrons. The molecular formula is C24H25N3O5S. The van der Waals surface area contributed by atoms with E-state index in [-0.39, 0.29) is 28.5 Å². The first-order valence-corrected chi connectivity index (χ1v) is 12.2. The van der Waals surface area contributed by atoms with Gasteiger partial charge in [0.15, 0.2) is 5.76 Å². The van der Waals surface area contributed by atoms with Gasteiger partial charge in [-0.2, -0.15) is 4.31 Å². The number of hydrogen-bond acceptors (Lipinski definition) is 5. The largest absolute Gasteiger partial charge is 0.459 e. The molecule has 1 atom stereocenters. The molecule has 0 spiro atoms. The number of carbonyl (C=O) groups excluding carboxylic acids is 2. The van der Waals surface area contributed by atoms with E-state index < -0.39 is 10.0 Å². The van der Waals surface area contributed by atoms with Crippen molar-refractivity contribution in [3.05, 3.63) is 78.3 Å².